The van der Waals surface area contributed by atoms with Crippen molar-refractivity contribution in [3.63, 3.8) is 0 Å². The summed E-state index contributed by atoms with van der Waals surface area (Å²) in [6.07, 6.45) is 6.17. The fraction of sp³-hybridized carbons (Fsp3) is 0.938. The molecule has 3 fully saturated rings. The Kier molecular flexibility index (Phi) is 4.04. The molecule has 2 atom stereocenters. The predicted octanol–water partition coefficient (Wildman–Crippen LogP) is 1.46. The zero-order chi connectivity index (χ0) is 14.3. The highest BCUT2D eigenvalue weighted by Crippen LogP contribution is 2.34. The monoisotopic (exact) mass is 279 g/mol. The minimum absolute atomic E-state index is 0.122. The van der Waals surface area contributed by atoms with Gasteiger partial charge in [0.1, 0.15) is 0 Å². The van der Waals surface area contributed by atoms with Crippen LogP contribution in [-0.2, 0) is 4.79 Å². The van der Waals surface area contributed by atoms with Crippen LogP contribution in [0, 0.1) is 5.92 Å². The molecule has 0 aromatic heterocycles. The van der Waals surface area contributed by atoms with Gasteiger partial charge in [-0.1, -0.05) is 13.8 Å². The molecule has 4 nitrogen and oxygen atoms in total. The van der Waals surface area contributed by atoms with E-state index in [-0.39, 0.29) is 5.92 Å². The molecule has 2 unspecified atom stereocenters. The molecule has 3 rings (SSSR count). The van der Waals surface area contributed by atoms with Gasteiger partial charge in [-0.15, -0.1) is 0 Å². The lowest BCUT2D eigenvalue weighted by molar-refractivity contribution is -0.139. The lowest BCUT2D eigenvalue weighted by Crippen LogP contribution is -2.61. The molecule has 2 saturated carbocycles. The molecule has 4 heteroatoms. The SMILES string of the molecule is CC(C)C(=O)N(C1CC1)C1CCN(C)CC1NC1CC1. The van der Waals surface area contributed by atoms with Gasteiger partial charge in [-0.25, -0.2) is 0 Å². The first kappa shape index (κ1) is 14.3. The van der Waals surface area contributed by atoms with Crippen LogP contribution in [0.25, 0.3) is 0 Å². The summed E-state index contributed by atoms with van der Waals surface area (Å²) in [6.45, 7) is 6.27. The number of likely N-dealkylation sites (tertiary alicyclic amines) is 1. The third-order valence-electron chi connectivity index (χ3n) is 4.85. The van der Waals surface area contributed by atoms with Gasteiger partial charge in [-0.05, 0) is 45.7 Å². The molecule has 114 valence electrons. The normalized spacial score (nSPS) is 31.6. The molecular weight excluding hydrogens is 250 g/mol. The van der Waals surface area contributed by atoms with E-state index in [0.29, 0.717) is 30.1 Å². The number of carbonyl (C=O) groups excluding carboxylic acids is 1. The smallest absolute Gasteiger partial charge is 0.225 e. The third-order valence-corrected chi connectivity index (χ3v) is 4.85. The van der Waals surface area contributed by atoms with Gasteiger partial charge in [0, 0.05) is 36.6 Å². The van der Waals surface area contributed by atoms with Gasteiger partial charge in [0.25, 0.3) is 0 Å². The topological polar surface area (TPSA) is 35.6 Å². The average Bonchev–Trinajstić information content (AvgIpc) is 3.24. The highest BCUT2D eigenvalue weighted by molar-refractivity contribution is 5.79. The molecule has 1 aliphatic heterocycles. The maximum absolute atomic E-state index is 12.6. The Balaban J connectivity index is 1.73. The van der Waals surface area contributed by atoms with Crippen LogP contribution in [0.15, 0.2) is 0 Å². The lowest BCUT2D eigenvalue weighted by atomic mass is 9.96. The van der Waals surface area contributed by atoms with Crippen molar-refractivity contribution in [2.45, 2.75) is 70.1 Å². The maximum atomic E-state index is 12.6. The number of amides is 1. The third kappa shape index (κ3) is 3.17. The van der Waals surface area contributed by atoms with Crippen LogP contribution in [0.1, 0.15) is 46.0 Å². The van der Waals surface area contributed by atoms with Gasteiger partial charge in [0.15, 0.2) is 0 Å². The number of rotatable bonds is 5. The predicted molar refractivity (Wildman–Crippen MR) is 80.6 cm³/mol. The van der Waals surface area contributed by atoms with E-state index < -0.39 is 0 Å². The van der Waals surface area contributed by atoms with Crippen molar-refractivity contribution in [3.8, 4) is 0 Å². The van der Waals surface area contributed by atoms with Crippen molar-refractivity contribution < 1.29 is 4.79 Å². The van der Waals surface area contributed by atoms with Crippen LogP contribution in [-0.4, -0.2) is 60.0 Å². The highest BCUT2D eigenvalue weighted by atomic mass is 16.2. The molecule has 1 amide bonds. The van der Waals surface area contributed by atoms with Gasteiger partial charge >= 0.3 is 0 Å². The van der Waals surface area contributed by atoms with Gasteiger partial charge in [0.2, 0.25) is 5.91 Å². The van der Waals surface area contributed by atoms with E-state index in [1.807, 2.05) is 13.8 Å². The molecule has 0 aromatic rings. The molecule has 0 aromatic carbocycles. The number of hydrogen-bond donors (Lipinski definition) is 1. The van der Waals surface area contributed by atoms with Crippen molar-refractivity contribution in [2.75, 3.05) is 20.1 Å². The van der Waals surface area contributed by atoms with Crippen LogP contribution in [0.4, 0.5) is 0 Å². The number of carbonyl (C=O) groups is 1. The summed E-state index contributed by atoms with van der Waals surface area (Å²) in [4.78, 5) is 17.3. The molecule has 20 heavy (non-hydrogen) atoms. The van der Waals surface area contributed by atoms with Gasteiger partial charge in [0.05, 0.1) is 0 Å². The van der Waals surface area contributed by atoms with E-state index in [1.165, 1.54) is 25.7 Å². The number of hydrogen-bond acceptors (Lipinski definition) is 3. The van der Waals surface area contributed by atoms with E-state index in [9.17, 15) is 4.79 Å². The zero-order valence-electron chi connectivity index (χ0n) is 13.1. The van der Waals surface area contributed by atoms with Crippen molar-refractivity contribution in [1.82, 2.24) is 15.1 Å². The van der Waals surface area contributed by atoms with E-state index in [1.54, 1.807) is 0 Å². The largest absolute Gasteiger partial charge is 0.335 e. The molecule has 1 saturated heterocycles. The average molecular weight is 279 g/mol. The van der Waals surface area contributed by atoms with Gasteiger partial charge < -0.3 is 15.1 Å². The number of nitrogens with one attached hydrogen (secondary N) is 1. The van der Waals surface area contributed by atoms with Crippen LogP contribution >= 0.6 is 0 Å². The second kappa shape index (κ2) is 5.64. The molecule has 0 radical (unpaired) electrons. The van der Waals surface area contributed by atoms with Crippen molar-refractivity contribution in [3.05, 3.63) is 0 Å². The maximum Gasteiger partial charge on any atom is 0.225 e. The molecular formula is C16H29N3O. The van der Waals surface area contributed by atoms with Crippen LogP contribution in [0.3, 0.4) is 0 Å². The number of nitrogens with zero attached hydrogens (tertiary/aromatic N) is 2. The van der Waals surface area contributed by atoms with Gasteiger partial charge in [-0.2, -0.15) is 0 Å². The summed E-state index contributed by atoms with van der Waals surface area (Å²) in [5, 5.41) is 3.79. The molecule has 1 N–H and O–H groups in total. The fourth-order valence-electron chi connectivity index (χ4n) is 3.42. The quantitative estimate of drug-likeness (QED) is 0.827. The van der Waals surface area contributed by atoms with E-state index in [0.717, 1.165) is 19.5 Å². The first-order valence-corrected chi connectivity index (χ1v) is 8.33. The Labute approximate surface area is 122 Å². The summed E-state index contributed by atoms with van der Waals surface area (Å²) in [6, 6.07) is 2.12. The van der Waals surface area contributed by atoms with Crippen LogP contribution in [0.5, 0.6) is 0 Å². The fourth-order valence-corrected chi connectivity index (χ4v) is 3.42. The Morgan fingerprint density at radius 3 is 2.45 bits per heavy atom. The Morgan fingerprint density at radius 1 is 1.20 bits per heavy atom. The minimum atomic E-state index is 0.122. The minimum Gasteiger partial charge on any atom is -0.335 e. The summed E-state index contributed by atoms with van der Waals surface area (Å²) in [5.41, 5.74) is 0. The lowest BCUT2D eigenvalue weighted by Gasteiger charge is -2.44. The zero-order valence-corrected chi connectivity index (χ0v) is 13.1. The van der Waals surface area contributed by atoms with Crippen molar-refractivity contribution in [2.24, 2.45) is 5.92 Å². The van der Waals surface area contributed by atoms with E-state index in [2.05, 4.69) is 22.2 Å². The second-order valence-electron chi connectivity index (χ2n) is 7.30. The molecule has 2 aliphatic carbocycles. The van der Waals surface area contributed by atoms with Crippen molar-refractivity contribution in [1.29, 1.82) is 0 Å². The molecule has 0 spiro atoms. The Bertz CT molecular complexity index is 361. The van der Waals surface area contributed by atoms with E-state index >= 15 is 0 Å². The summed E-state index contributed by atoms with van der Waals surface area (Å²) < 4.78 is 0. The van der Waals surface area contributed by atoms with Crippen LogP contribution < -0.4 is 5.32 Å². The summed E-state index contributed by atoms with van der Waals surface area (Å²) in [7, 11) is 2.20. The molecule has 3 aliphatic rings. The Morgan fingerprint density at radius 2 is 1.90 bits per heavy atom. The van der Waals surface area contributed by atoms with Crippen LogP contribution in [0.2, 0.25) is 0 Å². The standard InChI is InChI=1S/C16H29N3O/c1-11(2)16(20)19(13-6-7-13)15-8-9-18(3)10-14(15)17-12-4-5-12/h11-15,17H,4-10H2,1-3H3. The van der Waals surface area contributed by atoms with Gasteiger partial charge in [-0.3, -0.25) is 4.79 Å². The van der Waals surface area contributed by atoms with E-state index in [4.69, 9.17) is 0 Å². The first-order valence-electron chi connectivity index (χ1n) is 8.33. The molecule has 0 bridgehead atoms. The molecule has 1 heterocycles. The number of likely N-dealkylation sites (N-methyl/N-ethyl adjacent to an activating group) is 1. The second-order valence-corrected chi connectivity index (χ2v) is 7.30. The Hall–Kier alpha value is -0.610. The summed E-state index contributed by atoms with van der Waals surface area (Å²) in [5.74, 6) is 0.487. The summed E-state index contributed by atoms with van der Waals surface area (Å²) >= 11 is 0. The highest BCUT2D eigenvalue weighted by Gasteiger charge is 2.43. The van der Waals surface area contributed by atoms with Crippen molar-refractivity contribution >= 4 is 5.91 Å². The number of piperidine rings is 1. The first-order chi connectivity index (χ1) is 9.56.